The Morgan fingerprint density at radius 2 is 1.23 bits per heavy atom. The molecule has 0 saturated carbocycles. The molecule has 4 amide bonds. The number of amides is 4. The number of imide groups is 2. The second-order valence-corrected chi connectivity index (χ2v) is 11.1. The van der Waals surface area contributed by atoms with E-state index in [0.29, 0.717) is 11.1 Å². The normalized spacial score (nSPS) is 15.5. The highest BCUT2D eigenvalue weighted by atomic mass is 16.6. The molecule has 0 fully saturated rings. The van der Waals surface area contributed by atoms with Crippen molar-refractivity contribution >= 4 is 29.3 Å². The molecule has 2 aromatic carbocycles. The maximum absolute atomic E-state index is 13.1. The summed E-state index contributed by atoms with van der Waals surface area (Å²) in [5.41, 5.74) is 0.968. The molecule has 0 saturated heterocycles. The van der Waals surface area contributed by atoms with Crippen LogP contribution in [0.5, 0.6) is 5.75 Å². The van der Waals surface area contributed by atoms with Gasteiger partial charge in [-0.3, -0.25) is 39.9 Å². The van der Waals surface area contributed by atoms with Gasteiger partial charge in [0.1, 0.15) is 18.0 Å². The van der Waals surface area contributed by atoms with Crippen LogP contribution in [-0.2, 0) is 19.2 Å². The Labute approximate surface area is 249 Å². The summed E-state index contributed by atoms with van der Waals surface area (Å²) in [6, 6.07) is 11.7. The molecule has 0 spiro atoms. The average molecular weight is 602 g/mol. The molecule has 0 radical (unpaired) electrons. The van der Waals surface area contributed by atoms with Gasteiger partial charge in [0.05, 0.1) is 4.92 Å². The lowest BCUT2D eigenvalue weighted by Gasteiger charge is -2.29. The lowest BCUT2D eigenvalue weighted by atomic mass is 9.96. The highest BCUT2D eigenvalue weighted by Gasteiger charge is 2.41. The first-order valence-corrected chi connectivity index (χ1v) is 13.8. The lowest BCUT2D eigenvalue weighted by Crippen LogP contribution is -2.58. The molecule has 13 nitrogen and oxygen atoms in total. The smallest absolute Gasteiger partial charge is 0.270 e. The molecule has 43 heavy (non-hydrogen) atoms. The summed E-state index contributed by atoms with van der Waals surface area (Å²) in [7, 11) is 0. The zero-order valence-electron chi connectivity index (χ0n) is 24.9. The van der Waals surface area contributed by atoms with E-state index in [1.807, 2.05) is 5.32 Å². The van der Waals surface area contributed by atoms with Crippen molar-refractivity contribution < 1.29 is 44.2 Å². The number of hydrogen-bond donors (Lipinski definition) is 5. The first-order chi connectivity index (χ1) is 20.0. The van der Waals surface area contributed by atoms with Gasteiger partial charge in [-0.2, -0.15) is 0 Å². The van der Waals surface area contributed by atoms with Crippen LogP contribution in [-0.4, -0.2) is 68.3 Å². The Balaban J connectivity index is 2.32. The van der Waals surface area contributed by atoms with E-state index in [4.69, 9.17) is 4.74 Å². The van der Waals surface area contributed by atoms with Gasteiger partial charge in [0.25, 0.3) is 17.5 Å². The molecule has 234 valence electrons. The van der Waals surface area contributed by atoms with Crippen LogP contribution in [0.4, 0.5) is 5.69 Å². The average Bonchev–Trinajstić information content (AvgIpc) is 2.97. The number of aliphatic hydroxyl groups excluding tert-OH is 3. The van der Waals surface area contributed by atoms with E-state index in [-0.39, 0.29) is 23.3 Å². The fourth-order valence-electron chi connectivity index (χ4n) is 3.69. The summed E-state index contributed by atoms with van der Waals surface area (Å²) in [6.45, 7) is 10.2. The van der Waals surface area contributed by atoms with E-state index < -0.39 is 64.8 Å². The minimum Gasteiger partial charge on any atom is -0.478 e. The van der Waals surface area contributed by atoms with Crippen LogP contribution in [0.1, 0.15) is 41.5 Å². The van der Waals surface area contributed by atoms with Gasteiger partial charge in [-0.25, -0.2) is 0 Å². The van der Waals surface area contributed by atoms with Crippen LogP contribution in [0.2, 0.25) is 0 Å². The molecule has 5 N–H and O–H groups in total. The summed E-state index contributed by atoms with van der Waals surface area (Å²) in [6.07, 6.45) is -8.87. The number of carbonyl (C=O) groups is 4. The monoisotopic (exact) mass is 601 g/mol. The maximum atomic E-state index is 13.1. The molecule has 0 aliphatic carbocycles. The fourth-order valence-corrected chi connectivity index (χ4v) is 3.69. The minimum absolute atomic E-state index is 0.00943. The molecule has 13 heteroatoms. The van der Waals surface area contributed by atoms with Crippen molar-refractivity contribution in [1.29, 1.82) is 0 Å². The summed E-state index contributed by atoms with van der Waals surface area (Å²) in [5.74, 6) is -5.31. The van der Waals surface area contributed by atoms with Gasteiger partial charge in [-0.1, -0.05) is 65.8 Å². The van der Waals surface area contributed by atoms with E-state index in [0.717, 1.165) is 0 Å². The minimum atomic E-state index is -2.33. The topological polar surface area (TPSA) is 205 Å². The number of nitrogens with zero attached hydrogens (tertiary/aromatic N) is 1. The van der Waals surface area contributed by atoms with Crippen molar-refractivity contribution in [2.75, 3.05) is 0 Å². The largest absolute Gasteiger partial charge is 0.478 e. The Morgan fingerprint density at radius 1 is 0.721 bits per heavy atom. The molecule has 0 bridgehead atoms. The predicted molar refractivity (Wildman–Crippen MR) is 155 cm³/mol. The molecule has 0 aromatic heterocycles. The standard InChI is InChI=1S/C30H39N3O10/c1-15(2)17(5)27(37)31-29(39)25(36)23(34)24(35)26(30(40)32-28(38)18(6)16(3)4)43-22-12-10-19(11-13-22)20-8-7-9-21(14-20)33(41)42/h7-18,23-26,34-36H,1-6H3,(H,31,37,39)(H,32,38,40)/t17-,18-,23+,24+,25+,26+/m0/s1. The van der Waals surface area contributed by atoms with Gasteiger partial charge >= 0.3 is 0 Å². The number of hydrogen-bond acceptors (Lipinski definition) is 10. The first kappa shape index (κ1) is 35.0. The number of ether oxygens (including phenoxy) is 1. The molecule has 0 heterocycles. The Kier molecular flexibility index (Phi) is 12.5. The van der Waals surface area contributed by atoms with Crippen LogP contribution in [0, 0.1) is 33.8 Å². The van der Waals surface area contributed by atoms with Gasteiger partial charge in [-0.05, 0) is 35.1 Å². The van der Waals surface area contributed by atoms with E-state index in [1.54, 1.807) is 47.6 Å². The van der Waals surface area contributed by atoms with Gasteiger partial charge in [0.15, 0.2) is 6.10 Å². The van der Waals surface area contributed by atoms with Crippen molar-refractivity contribution in [3.63, 3.8) is 0 Å². The van der Waals surface area contributed by atoms with Crippen molar-refractivity contribution in [1.82, 2.24) is 10.6 Å². The SMILES string of the molecule is CC(C)[C@H](C)C(=O)NC(=O)[C@H](O)[C@H](O)[C@@H](O)[C@@H](Oc1ccc(-c2cccc([N+](=O)[O-])c2)cc1)C(=O)NC(=O)[C@@H](C)C(C)C. The molecule has 6 atom stereocenters. The van der Waals surface area contributed by atoms with E-state index in [9.17, 15) is 44.6 Å². The summed E-state index contributed by atoms with van der Waals surface area (Å²) < 4.78 is 5.64. The predicted octanol–water partition coefficient (Wildman–Crippen LogP) is 1.96. The number of nitrogens with one attached hydrogen (secondary N) is 2. The molecule has 0 unspecified atom stereocenters. The summed E-state index contributed by atoms with van der Waals surface area (Å²) in [4.78, 5) is 61.0. The van der Waals surface area contributed by atoms with Crippen LogP contribution >= 0.6 is 0 Å². The van der Waals surface area contributed by atoms with Crippen LogP contribution in [0.15, 0.2) is 48.5 Å². The third-order valence-corrected chi connectivity index (χ3v) is 7.34. The van der Waals surface area contributed by atoms with Gasteiger partial charge in [0, 0.05) is 24.0 Å². The van der Waals surface area contributed by atoms with Crippen molar-refractivity contribution in [2.45, 2.75) is 66.0 Å². The summed E-state index contributed by atoms with van der Waals surface area (Å²) in [5, 5.41) is 47.2. The van der Waals surface area contributed by atoms with E-state index >= 15 is 0 Å². The third-order valence-electron chi connectivity index (χ3n) is 7.34. The summed E-state index contributed by atoms with van der Waals surface area (Å²) >= 11 is 0. The number of rotatable bonds is 13. The maximum Gasteiger partial charge on any atom is 0.270 e. The molecule has 0 aliphatic heterocycles. The van der Waals surface area contributed by atoms with Crippen LogP contribution in [0.25, 0.3) is 11.1 Å². The zero-order valence-corrected chi connectivity index (χ0v) is 24.9. The Bertz CT molecular complexity index is 1310. The van der Waals surface area contributed by atoms with Gasteiger partial charge in [-0.15, -0.1) is 0 Å². The zero-order chi connectivity index (χ0) is 32.6. The fraction of sp³-hybridized carbons (Fsp3) is 0.467. The van der Waals surface area contributed by atoms with Gasteiger partial charge < -0.3 is 20.1 Å². The van der Waals surface area contributed by atoms with E-state index in [1.165, 1.54) is 42.5 Å². The highest BCUT2D eigenvalue weighted by Crippen LogP contribution is 2.27. The first-order valence-electron chi connectivity index (χ1n) is 13.8. The number of non-ortho nitro benzene ring substituents is 1. The molecular weight excluding hydrogens is 562 g/mol. The Morgan fingerprint density at radius 3 is 1.72 bits per heavy atom. The Hall–Kier alpha value is -4.20. The van der Waals surface area contributed by atoms with E-state index in [2.05, 4.69) is 5.32 Å². The lowest BCUT2D eigenvalue weighted by molar-refractivity contribution is -0.384. The number of aliphatic hydroxyl groups is 3. The van der Waals surface area contributed by atoms with Crippen molar-refractivity contribution in [2.24, 2.45) is 23.7 Å². The van der Waals surface area contributed by atoms with Crippen LogP contribution in [0.3, 0.4) is 0 Å². The molecule has 0 aliphatic rings. The number of carbonyl (C=O) groups excluding carboxylic acids is 4. The van der Waals surface area contributed by atoms with Crippen LogP contribution < -0.4 is 15.4 Å². The van der Waals surface area contributed by atoms with Crippen molar-refractivity contribution in [3.8, 4) is 16.9 Å². The second kappa shape index (κ2) is 15.3. The number of nitro groups is 1. The quantitative estimate of drug-likeness (QED) is 0.167. The number of nitro benzene ring substituents is 1. The molecular formula is C30H39N3O10. The van der Waals surface area contributed by atoms with Crippen molar-refractivity contribution in [3.05, 3.63) is 58.6 Å². The highest BCUT2D eigenvalue weighted by molar-refractivity contribution is 5.99. The van der Waals surface area contributed by atoms with Gasteiger partial charge in [0.2, 0.25) is 17.9 Å². The molecule has 2 aromatic rings. The molecule has 2 rings (SSSR count). The second-order valence-electron chi connectivity index (χ2n) is 11.1. The third kappa shape index (κ3) is 9.40. The number of benzene rings is 2.